The Bertz CT molecular complexity index is 169. The maximum Gasteiger partial charge on any atom is 0.317 e. The Kier molecular flexibility index (Phi) is 4.90. The lowest BCUT2D eigenvalue weighted by Gasteiger charge is -2.26. The van der Waals surface area contributed by atoms with Gasteiger partial charge in [-0.05, 0) is 21.0 Å². The average Bonchev–Trinajstić information content (AvgIpc) is 1.81. The predicted molar refractivity (Wildman–Crippen MR) is 49.7 cm³/mol. The molecule has 1 atom stereocenters. The molecule has 0 radical (unpaired) electrons. The zero-order chi connectivity index (χ0) is 10.5. The molecule has 0 aliphatic rings. The van der Waals surface area contributed by atoms with Gasteiger partial charge in [0.1, 0.15) is 0 Å². The Morgan fingerprint density at radius 2 is 2.08 bits per heavy atom. The third-order valence-corrected chi connectivity index (χ3v) is 1.44. The van der Waals surface area contributed by atoms with Crippen LogP contribution in [0.2, 0.25) is 0 Å². The lowest BCUT2D eigenvalue weighted by atomic mass is 10.1. The maximum atomic E-state index is 10.2. The molecule has 0 rings (SSSR count). The normalized spacial score (nSPS) is 15.8. The van der Waals surface area contributed by atoms with Gasteiger partial charge in [-0.15, -0.1) is 0 Å². The third kappa shape index (κ3) is 7.70. The zero-order valence-electron chi connectivity index (χ0n) is 8.37. The molecule has 0 saturated carbocycles. The van der Waals surface area contributed by atoms with Gasteiger partial charge in [-0.3, -0.25) is 4.79 Å². The highest BCUT2D eigenvalue weighted by atomic mass is 16.4. The summed E-state index contributed by atoms with van der Waals surface area (Å²) in [5, 5.41) is 20.7. The number of hydrogen-bond donors (Lipinski definition) is 3. The molecule has 0 spiro atoms. The summed E-state index contributed by atoms with van der Waals surface area (Å²) in [7, 11) is 3.71. The first-order valence-electron chi connectivity index (χ1n) is 4.13. The molecule has 3 N–H and O–H groups in total. The van der Waals surface area contributed by atoms with E-state index in [0.717, 1.165) is 0 Å². The topological polar surface area (TPSA) is 72.8 Å². The minimum atomic E-state index is -0.916. The minimum Gasteiger partial charge on any atom is -0.480 e. The van der Waals surface area contributed by atoms with E-state index in [4.69, 9.17) is 5.11 Å². The number of nitrogens with zero attached hydrogens (tertiary/aromatic N) is 1. The van der Waals surface area contributed by atoms with Crippen molar-refractivity contribution in [3.8, 4) is 0 Å². The van der Waals surface area contributed by atoms with Crippen LogP contribution in [-0.4, -0.2) is 60.4 Å². The second kappa shape index (κ2) is 5.16. The van der Waals surface area contributed by atoms with Gasteiger partial charge in [-0.2, -0.15) is 0 Å². The molecule has 0 aromatic rings. The molecule has 0 amide bonds. The fourth-order valence-corrected chi connectivity index (χ4v) is 1.18. The Morgan fingerprint density at radius 3 is 2.46 bits per heavy atom. The Balaban J connectivity index is 3.68. The molecule has 13 heavy (non-hydrogen) atoms. The van der Waals surface area contributed by atoms with E-state index >= 15 is 0 Å². The van der Waals surface area contributed by atoms with E-state index in [1.807, 2.05) is 19.0 Å². The summed E-state index contributed by atoms with van der Waals surface area (Å²) < 4.78 is 0. The first kappa shape index (κ1) is 12.3. The highest BCUT2D eigenvalue weighted by molar-refractivity contribution is 5.68. The second-order valence-corrected chi connectivity index (χ2v) is 3.73. The number of rotatable bonds is 6. The third-order valence-electron chi connectivity index (χ3n) is 1.44. The van der Waals surface area contributed by atoms with E-state index in [1.165, 1.54) is 0 Å². The highest BCUT2D eigenvalue weighted by Gasteiger charge is 2.20. The van der Waals surface area contributed by atoms with Crippen molar-refractivity contribution in [3.63, 3.8) is 0 Å². The highest BCUT2D eigenvalue weighted by Crippen LogP contribution is 2.01. The molecule has 0 aliphatic carbocycles. The number of carboxylic acid groups (broad SMARTS) is 1. The molecule has 0 aromatic carbocycles. The number of hydrogen-bond acceptors (Lipinski definition) is 4. The first-order valence-corrected chi connectivity index (χ1v) is 4.13. The summed E-state index contributed by atoms with van der Waals surface area (Å²) in [4.78, 5) is 12.0. The lowest BCUT2D eigenvalue weighted by Crippen LogP contribution is -2.46. The Morgan fingerprint density at radius 1 is 1.54 bits per heavy atom. The van der Waals surface area contributed by atoms with Crippen molar-refractivity contribution in [3.05, 3.63) is 0 Å². The van der Waals surface area contributed by atoms with Crippen LogP contribution in [-0.2, 0) is 4.79 Å². The van der Waals surface area contributed by atoms with E-state index in [2.05, 4.69) is 5.32 Å². The summed E-state index contributed by atoms with van der Waals surface area (Å²) in [5.74, 6) is -0.916. The van der Waals surface area contributed by atoms with Gasteiger partial charge in [0, 0.05) is 13.1 Å². The van der Waals surface area contributed by atoms with Crippen molar-refractivity contribution >= 4 is 5.97 Å². The smallest absolute Gasteiger partial charge is 0.317 e. The fourth-order valence-electron chi connectivity index (χ4n) is 1.18. The molecular weight excluding hydrogens is 172 g/mol. The summed E-state index contributed by atoms with van der Waals surface area (Å²) in [6, 6.07) is 0. The van der Waals surface area contributed by atoms with Crippen LogP contribution in [0.5, 0.6) is 0 Å². The Hall–Kier alpha value is -0.650. The summed E-state index contributed by atoms with van der Waals surface area (Å²) >= 11 is 0. The van der Waals surface area contributed by atoms with E-state index < -0.39 is 11.6 Å². The number of aliphatic carboxylic acids is 1. The molecular formula is C8H18N2O3. The number of aliphatic hydroxyl groups is 1. The van der Waals surface area contributed by atoms with Crippen LogP contribution in [0.3, 0.4) is 0 Å². The van der Waals surface area contributed by atoms with Crippen molar-refractivity contribution in [2.45, 2.75) is 12.5 Å². The van der Waals surface area contributed by atoms with Crippen molar-refractivity contribution in [2.75, 3.05) is 33.7 Å². The molecule has 5 nitrogen and oxygen atoms in total. The van der Waals surface area contributed by atoms with Crippen LogP contribution >= 0.6 is 0 Å². The lowest BCUT2D eigenvalue weighted by molar-refractivity contribution is -0.136. The molecule has 78 valence electrons. The SMILES string of the molecule is CN(C)CC(C)(O)CNCC(=O)O. The molecule has 1 unspecified atom stereocenters. The largest absolute Gasteiger partial charge is 0.480 e. The summed E-state index contributed by atoms with van der Waals surface area (Å²) in [6.07, 6.45) is 0. The number of carbonyl (C=O) groups is 1. The van der Waals surface area contributed by atoms with Gasteiger partial charge < -0.3 is 20.4 Å². The monoisotopic (exact) mass is 190 g/mol. The standard InChI is InChI=1S/C8H18N2O3/c1-8(13,6-10(2)3)5-9-4-7(11)12/h9,13H,4-6H2,1-3H3,(H,11,12). The van der Waals surface area contributed by atoms with Crippen LogP contribution in [0.1, 0.15) is 6.92 Å². The molecule has 0 heterocycles. The molecule has 0 aliphatic heterocycles. The molecule has 0 aromatic heterocycles. The second-order valence-electron chi connectivity index (χ2n) is 3.73. The van der Waals surface area contributed by atoms with Crippen molar-refractivity contribution in [1.29, 1.82) is 0 Å². The van der Waals surface area contributed by atoms with Gasteiger partial charge in [0.05, 0.1) is 12.1 Å². The van der Waals surface area contributed by atoms with E-state index in [0.29, 0.717) is 6.54 Å². The number of carboxylic acids is 1. The van der Waals surface area contributed by atoms with Crippen molar-refractivity contribution in [2.24, 2.45) is 0 Å². The van der Waals surface area contributed by atoms with Crippen molar-refractivity contribution < 1.29 is 15.0 Å². The predicted octanol–water partition coefficient (Wildman–Crippen LogP) is -1.03. The summed E-state index contributed by atoms with van der Waals surface area (Å²) in [6.45, 7) is 2.32. The number of nitrogens with one attached hydrogen (secondary N) is 1. The Labute approximate surface area is 78.4 Å². The minimum absolute atomic E-state index is 0.121. The molecule has 5 heteroatoms. The molecule has 0 bridgehead atoms. The van der Waals surface area contributed by atoms with E-state index in [-0.39, 0.29) is 13.1 Å². The maximum absolute atomic E-state index is 10.2. The number of likely N-dealkylation sites (N-methyl/N-ethyl adjacent to an activating group) is 1. The quantitative estimate of drug-likeness (QED) is 0.499. The van der Waals surface area contributed by atoms with Crippen LogP contribution in [0.15, 0.2) is 0 Å². The molecule has 0 saturated heterocycles. The van der Waals surface area contributed by atoms with Gasteiger partial charge in [0.2, 0.25) is 0 Å². The van der Waals surface area contributed by atoms with E-state index in [9.17, 15) is 9.90 Å². The van der Waals surface area contributed by atoms with Gasteiger partial charge >= 0.3 is 5.97 Å². The fraction of sp³-hybridized carbons (Fsp3) is 0.875. The average molecular weight is 190 g/mol. The van der Waals surface area contributed by atoms with Gasteiger partial charge in [-0.25, -0.2) is 0 Å². The van der Waals surface area contributed by atoms with Crippen LogP contribution in [0, 0.1) is 0 Å². The van der Waals surface area contributed by atoms with Crippen LogP contribution < -0.4 is 5.32 Å². The zero-order valence-corrected chi connectivity index (χ0v) is 8.37. The van der Waals surface area contributed by atoms with Gasteiger partial charge in [0.25, 0.3) is 0 Å². The van der Waals surface area contributed by atoms with Crippen LogP contribution in [0.25, 0.3) is 0 Å². The van der Waals surface area contributed by atoms with Crippen molar-refractivity contribution in [1.82, 2.24) is 10.2 Å². The van der Waals surface area contributed by atoms with Crippen LogP contribution in [0.4, 0.5) is 0 Å². The van der Waals surface area contributed by atoms with E-state index in [1.54, 1.807) is 6.92 Å². The first-order chi connectivity index (χ1) is 5.83. The summed E-state index contributed by atoms with van der Waals surface area (Å²) in [5.41, 5.74) is -0.890. The van der Waals surface area contributed by atoms with Gasteiger partial charge in [-0.1, -0.05) is 0 Å². The molecule has 0 fully saturated rings. The van der Waals surface area contributed by atoms with Gasteiger partial charge in [0.15, 0.2) is 0 Å².